The molecule has 5 nitrogen and oxygen atoms in total. The first-order chi connectivity index (χ1) is 17.4. The van der Waals surface area contributed by atoms with Gasteiger partial charge in [0.15, 0.2) is 12.6 Å². The van der Waals surface area contributed by atoms with E-state index in [0.29, 0.717) is 64.3 Å². The second-order valence-corrected chi connectivity index (χ2v) is 56.5. The number of hydrogen-bond acceptors (Lipinski definition) is 5. The normalized spacial score (nSPS) is 35.0. The van der Waals surface area contributed by atoms with Crippen molar-refractivity contribution in [2.45, 2.75) is 79.7 Å². The molecule has 0 aromatic rings. The summed E-state index contributed by atoms with van der Waals surface area (Å²) in [5.41, 5.74) is 0. The van der Waals surface area contributed by atoms with Crippen LogP contribution in [0.3, 0.4) is 0 Å². The first kappa shape index (κ1) is 43.2. The molecule has 0 aliphatic carbocycles. The van der Waals surface area contributed by atoms with Crippen LogP contribution in [-0.4, -0.2) is 49.7 Å². The molecule has 0 aromatic carbocycles. The molecule has 2 aliphatic rings. The molecule has 0 spiro atoms. The van der Waals surface area contributed by atoms with E-state index in [1.807, 2.05) is 0 Å². The van der Waals surface area contributed by atoms with Gasteiger partial charge in [-0.15, -0.1) is 13.2 Å². The van der Waals surface area contributed by atoms with Crippen molar-refractivity contribution in [2.24, 2.45) is 35.5 Å². The Hall–Kier alpha value is 4.10. The van der Waals surface area contributed by atoms with E-state index in [1.54, 1.807) is 12.2 Å². The molecular formula is C25H46I5O5V2. The van der Waals surface area contributed by atoms with Gasteiger partial charge in [-0.05, 0) is 30.1 Å². The molecule has 2 rings (SSSR count). The Morgan fingerprint density at radius 3 is 1.38 bits per heavy atom. The maximum atomic E-state index is 9.21. The quantitative estimate of drug-likeness (QED) is 0.194. The zero-order valence-electron chi connectivity index (χ0n) is 23.0. The second kappa shape index (κ2) is 26.5. The minimum atomic E-state index is -0.278. The van der Waals surface area contributed by atoms with Gasteiger partial charge in [0.05, 0.1) is 32.0 Å². The summed E-state index contributed by atoms with van der Waals surface area (Å²) in [6, 6.07) is 0. The van der Waals surface area contributed by atoms with E-state index in [2.05, 4.69) is 162 Å². The Morgan fingerprint density at radius 2 is 1.08 bits per heavy atom. The van der Waals surface area contributed by atoms with Crippen molar-refractivity contribution in [3.8, 4) is 0 Å². The van der Waals surface area contributed by atoms with E-state index in [9.17, 15) is 5.11 Å². The molecule has 37 heavy (non-hydrogen) atoms. The Labute approximate surface area is 293 Å². The van der Waals surface area contributed by atoms with Gasteiger partial charge >= 0.3 is 114 Å². The molecular weight excluding hydrogens is 1120 g/mol. The fraction of sp³-hybridized carbons (Fsp3) is 0.840. The van der Waals surface area contributed by atoms with Crippen molar-refractivity contribution in [1.82, 2.24) is 0 Å². The molecule has 2 fully saturated rings. The van der Waals surface area contributed by atoms with Crippen LogP contribution in [0.2, 0.25) is 0 Å². The van der Waals surface area contributed by atoms with Crippen LogP contribution in [-0.2, 0) is 33.3 Å². The van der Waals surface area contributed by atoms with Crippen molar-refractivity contribution in [2.75, 3.05) is 19.8 Å². The number of rotatable bonds is 8. The second-order valence-electron chi connectivity index (χ2n) is 9.33. The Balaban J connectivity index is 0. The molecule has 2 heterocycles. The third-order valence-corrected chi connectivity index (χ3v) is 7.31. The average molecular weight is 1160 g/mol. The van der Waals surface area contributed by atoms with E-state index < -0.39 is 0 Å². The van der Waals surface area contributed by atoms with E-state index in [4.69, 9.17) is 18.9 Å². The molecule has 0 radical (unpaired) electrons. The van der Waals surface area contributed by atoms with E-state index in [1.165, 1.54) is 0 Å². The van der Waals surface area contributed by atoms with Gasteiger partial charge in [-0.1, -0.05) is 60.6 Å². The fourth-order valence-corrected chi connectivity index (χ4v) is 4.36. The summed E-state index contributed by atoms with van der Waals surface area (Å²) in [4.78, 5) is -0.278. The average Bonchev–Trinajstić information content (AvgIpc) is 2.86. The molecule has 0 saturated carbocycles. The first-order valence-corrected chi connectivity index (χ1v) is 35.0. The van der Waals surface area contributed by atoms with Gasteiger partial charge in [0, 0.05) is 11.8 Å². The number of halogens is 5. The van der Waals surface area contributed by atoms with Crippen LogP contribution < -0.4 is 0 Å². The summed E-state index contributed by atoms with van der Waals surface area (Å²) in [6.07, 6.45) is 4.51. The van der Waals surface area contributed by atoms with Crippen LogP contribution in [0.4, 0.5) is 0 Å². The van der Waals surface area contributed by atoms with Crippen LogP contribution in [0.15, 0.2) is 25.3 Å². The monoisotopic (exact) mass is 1160 g/mol. The summed E-state index contributed by atoms with van der Waals surface area (Å²) in [6.45, 7) is 23.8. The van der Waals surface area contributed by atoms with Gasteiger partial charge in [0.25, 0.3) is 0 Å². The Bertz CT molecular complexity index is 531. The first-order valence-electron chi connectivity index (χ1n) is 12.4. The van der Waals surface area contributed by atoms with Gasteiger partial charge < -0.3 is 24.1 Å². The van der Waals surface area contributed by atoms with Gasteiger partial charge in [-0.2, -0.15) is 0 Å². The zero-order chi connectivity index (χ0) is 29.1. The van der Waals surface area contributed by atoms with Crippen molar-refractivity contribution >= 4 is 99.9 Å². The summed E-state index contributed by atoms with van der Waals surface area (Å²) in [7, 11) is 0.628. The van der Waals surface area contributed by atoms with Crippen LogP contribution in [0.25, 0.3) is 0 Å². The molecule has 10 unspecified atom stereocenters. The van der Waals surface area contributed by atoms with E-state index >= 15 is 0 Å². The third kappa shape index (κ3) is 18.5. The summed E-state index contributed by atoms with van der Waals surface area (Å²) in [5, 5.41) is 9.21. The van der Waals surface area contributed by atoms with Crippen LogP contribution >= 0.6 is 99.9 Å². The topological polar surface area (TPSA) is 57.2 Å². The number of hydrogen-bond donors (Lipinski definition) is 1. The molecule has 2 saturated heterocycles. The SMILES string of the molecule is C=CCOC1OC(CC)C(C)C(C)C1C.C=CCOC1OC(CO)C(C)C(C)C1C.[I][V]([I])[I].[I][V][I]. The van der Waals surface area contributed by atoms with Crippen molar-refractivity contribution < 1.29 is 38.4 Å². The van der Waals surface area contributed by atoms with E-state index in [0.717, 1.165) is 6.42 Å². The zero-order valence-corrected chi connectivity index (χ0v) is 36.6. The molecule has 2 aliphatic heterocycles. The molecule has 10 atom stereocenters. The Morgan fingerprint density at radius 1 is 0.757 bits per heavy atom. The minimum absolute atomic E-state index is 0.0563. The fourth-order valence-electron chi connectivity index (χ4n) is 4.36. The van der Waals surface area contributed by atoms with Gasteiger partial charge in [-0.25, -0.2) is 0 Å². The third-order valence-electron chi connectivity index (χ3n) is 7.31. The number of ether oxygens (including phenoxy) is 4. The van der Waals surface area contributed by atoms with Gasteiger partial charge in [0.1, 0.15) is 0 Å². The van der Waals surface area contributed by atoms with Crippen molar-refractivity contribution in [1.29, 1.82) is 0 Å². The van der Waals surface area contributed by atoms with Crippen LogP contribution in [0.1, 0.15) is 54.9 Å². The summed E-state index contributed by atoms with van der Waals surface area (Å²) < 4.78 is 22.9. The maximum absolute atomic E-state index is 9.21. The Kier molecular flexibility index (Phi) is 31.0. The predicted molar refractivity (Wildman–Crippen MR) is 192 cm³/mol. The number of aliphatic hydroxyl groups is 1. The summed E-state index contributed by atoms with van der Waals surface area (Å²) in [5.74, 6) is 2.94. The van der Waals surface area contributed by atoms with Crippen LogP contribution in [0, 0.1) is 35.5 Å². The van der Waals surface area contributed by atoms with E-state index in [-0.39, 0.29) is 30.2 Å². The molecule has 0 amide bonds. The number of aliphatic hydroxyl groups excluding tert-OH is 1. The molecule has 0 bridgehead atoms. The molecule has 1 N–H and O–H groups in total. The predicted octanol–water partition coefficient (Wildman–Crippen LogP) is 9.47. The molecule has 12 heteroatoms. The van der Waals surface area contributed by atoms with Gasteiger partial charge in [-0.3, -0.25) is 0 Å². The molecule has 0 aromatic heterocycles. The van der Waals surface area contributed by atoms with Gasteiger partial charge in [0.2, 0.25) is 0 Å². The van der Waals surface area contributed by atoms with Crippen molar-refractivity contribution in [3.05, 3.63) is 25.3 Å². The molecule has 221 valence electrons. The standard InChI is InChI=1S/C13H24O2.C12H22O3.5HI.2V/c1-6-8-14-13-11(5)9(3)10(4)12(7-2)15-13;1-5-6-14-12-10(4)8(2)9(3)11(7-13)15-12;;;;;;;/h6,9-13H,1,7-8H2,2-5H3;5,8-13H,1,6-7H2,2-4H3;5*1H;;/q;;;;;;;+2;+3/p-5. The summed E-state index contributed by atoms with van der Waals surface area (Å²) >= 11 is 12.1. The van der Waals surface area contributed by atoms with Crippen LogP contribution in [0.5, 0.6) is 0 Å². The van der Waals surface area contributed by atoms with Crippen molar-refractivity contribution in [3.63, 3.8) is 0 Å².